The largest absolute Gasteiger partial charge is 0.307 e. The summed E-state index contributed by atoms with van der Waals surface area (Å²) in [4.78, 5) is 12.6. The fourth-order valence-electron chi connectivity index (χ4n) is 2.64. The van der Waals surface area contributed by atoms with Crippen LogP contribution in [-0.2, 0) is 11.2 Å². The Morgan fingerprint density at radius 1 is 1.32 bits per heavy atom. The predicted molar refractivity (Wildman–Crippen MR) is 93.7 cm³/mol. The summed E-state index contributed by atoms with van der Waals surface area (Å²) in [7, 11) is 0. The van der Waals surface area contributed by atoms with Gasteiger partial charge >= 0.3 is 0 Å². The summed E-state index contributed by atoms with van der Waals surface area (Å²) >= 11 is 0. The van der Waals surface area contributed by atoms with Crippen LogP contribution in [-0.4, -0.2) is 25.9 Å². The van der Waals surface area contributed by atoms with Gasteiger partial charge in [0.05, 0.1) is 5.69 Å². The predicted octanol–water partition coefficient (Wildman–Crippen LogP) is 3.48. The number of rotatable bonds is 5. The minimum absolute atomic E-state index is 0.222. The number of nitrogens with one attached hydrogen (secondary N) is 2. The lowest BCUT2D eigenvalue weighted by atomic mass is 10.0. The van der Waals surface area contributed by atoms with Crippen LogP contribution in [0.2, 0.25) is 0 Å². The molecule has 25 heavy (non-hydrogen) atoms. The average Bonchev–Trinajstić information content (AvgIpc) is 3.21. The quantitative estimate of drug-likeness (QED) is 0.746. The van der Waals surface area contributed by atoms with Crippen molar-refractivity contribution in [3.05, 3.63) is 53.7 Å². The minimum atomic E-state index is -0.475. The van der Waals surface area contributed by atoms with Gasteiger partial charge < -0.3 is 5.32 Å². The van der Waals surface area contributed by atoms with Gasteiger partial charge in [0.2, 0.25) is 5.91 Å². The number of carbonyl (C=O) groups excluding carboxylic acids is 1. The van der Waals surface area contributed by atoms with Crippen molar-refractivity contribution in [2.24, 2.45) is 0 Å². The topological polar surface area (TPSA) is 75.6 Å². The molecule has 0 spiro atoms. The molecular formula is C18H20FN5O. The van der Waals surface area contributed by atoms with Gasteiger partial charge in [0.15, 0.2) is 5.82 Å². The van der Waals surface area contributed by atoms with Gasteiger partial charge in [0, 0.05) is 17.5 Å². The van der Waals surface area contributed by atoms with Gasteiger partial charge in [0.1, 0.15) is 11.9 Å². The fraction of sp³-hybridized carbons (Fsp3) is 0.278. The molecule has 130 valence electrons. The standard InChI is InChI=1S/C18H20FN5O/c1-4-15-16(13-5-7-14(19)8-6-13)17(22-21-15)20-18(25)12(3)24-10-9-11(2)23-24/h5-10,12H,4H2,1-3H3,(H2,20,21,22,25). The maximum atomic E-state index is 13.2. The number of nitrogens with zero attached hydrogens (tertiary/aromatic N) is 3. The number of hydrogen-bond acceptors (Lipinski definition) is 3. The minimum Gasteiger partial charge on any atom is -0.307 e. The second-order valence-corrected chi connectivity index (χ2v) is 5.89. The third-order valence-corrected chi connectivity index (χ3v) is 4.09. The van der Waals surface area contributed by atoms with Gasteiger partial charge in [0.25, 0.3) is 0 Å². The molecule has 3 rings (SSSR count). The molecule has 1 amide bonds. The zero-order valence-electron chi connectivity index (χ0n) is 14.4. The van der Waals surface area contributed by atoms with Crippen molar-refractivity contribution in [2.45, 2.75) is 33.2 Å². The monoisotopic (exact) mass is 341 g/mol. The Kier molecular flexibility index (Phi) is 4.65. The first kappa shape index (κ1) is 16.9. The highest BCUT2D eigenvalue weighted by Gasteiger charge is 2.21. The fourth-order valence-corrected chi connectivity index (χ4v) is 2.64. The molecule has 1 unspecified atom stereocenters. The second kappa shape index (κ2) is 6.88. The van der Waals surface area contributed by atoms with Gasteiger partial charge in [-0.25, -0.2) is 4.39 Å². The molecule has 0 aliphatic heterocycles. The van der Waals surface area contributed by atoms with E-state index < -0.39 is 6.04 Å². The second-order valence-electron chi connectivity index (χ2n) is 5.89. The summed E-state index contributed by atoms with van der Waals surface area (Å²) < 4.78 is 14.8. The number of carbonyl (C=O) groups is 1. The van der Waals surface area contributed by atoms with Crippen molar-refractivity contribution in [1.82, 2.24) is 20.0 Å². The van der Waals surface area contributed by atoms with Crippen molar-refractivity contribution < 1.29 is 9.18 Å². The molecule has 0 saturated heterocycles. The Hall–Kier alpha value is -2.96. The van der Waals surface area contributed by atoms with Gasteiger partial charge in [-0.1, -0.05) is 19.1 Å². The highest BCUT2D eigenvalue weighted by atomic mass is 19.1. The molecule has 0 radical (unpaired) electrons. The molecule has 2 N–H and O–H groups in total. The third kappa shape index (κ3) is 3.45. The van der Waals surface area contributed by atoms with E-state index in [9.17, 15) is 9.18 Å². The van der Waals surface area contributed by atoms with Crippen LogP contribution in [0.25, 0.3) is 11.1 Å². The first-order valence-corrected chi connectivity index (χ1v) is 8.15. The molecule has 0 bridgehead atoms. The zero-order chi connectivity index (χ0) is 18.0. The molecule has 7 heteroatoms. The molecule has 0 fully saturated rings. The molecular weight excluding hydrogens is 321 g/mol. The zero-order valence-corrected chi connectivity index (χ0v) is 14.4. The molecule has 3 aromatic rings. The van der Waals surface area contributed by atoms with Crippen LogP contribution < -0.4 is 5.32 Å². The van der Waals surface area contributed by atoms with E-state index in [1.54, 1.807) is 29.9 Å². The summed E-state index contributed by atoms with van der Waals surface area (Å²) in [5.74, 6) is -0.0941. The number of halogens is 1. The van der Waals surface area contributed by atoms with Crippen LogP contribution in [0.3, 0.4) is 0 Å². The molecule has 1 aromatic carbocycles. The van der Waals surface area contributed by atoms with Crippen molar-refractivity contribution >= 4 is 11.7 Å². The Labute approximate surface area is 145 Å². The average molecular weight is 341 g/mol. The molecule has 0 saturated carbocycles. The van der Waals surface area contributed by atoms with Crippen LogP contribution in [0, 0.1) is 12.7 Å². The lowest BCUT2D eigenvalue weighted by Gasteiger charge is -2.13. The molecule has 2 heterocycles. The Balaban J connectivity index is 1.89. The maximum Gasteiger partial charge on any atom is 0.250 e. The number of amides is 1. The molecule has 6 nitrogen and oxygen atoms in total. The molecule has 0 aliphatic carbocycles. The Morgan fingerprint density at radius 2 is 2.04 bits per heavy atom. The van der Waals surface area contributed by atoms with Gasteiger partial charge in [-0.05, 0) is 44.0 Å². The van der Waals surface area contributed by atoms with E-state index in [1.165, 1.54) is 12.1 Å². The summed E-state index contributed by atoms with van der Waals surface area (Å²) in [6.45, 7) is 5.63. The Morgan fingerprint density at radius 3 is 2.64 bits per heavy atom. The van der Waals surface area contributed by atoms with Gasteiger partial charge in [-0.3, -0.25) is 14.6 Å². The van der Waals surface area contributed by atoms with Crippen LogP contribution in [0.5, 0.6) is 0 Å². The van der Waals surface area contributed by atoms with Crippen molar-refractivity contribution in [2.75, 3.05) is 5.32 Å². The molecule has 1 atom stereocenters. The first-order valence-electron chi connectivity index (χ1n) is 8.15. The summed E-state index contributed by atoms with van der Waals surface area (Å²) in [5, 5.41) is 14.3. The van der Waals surface area contributed by atoms with Gasteiger partial charge in [-0.15, -0.1) is 0 Å². The maximum absolute atomic E-state index is 13.2. The summed E-state index contributed by atoms with van der Waals surface area (Å²) in [6.07, 6.45) is 2.48. The van der Waals surface area contributed by atoms with Crippen LogP contribution in [0.1, 0.15) is 31.3 Å². The van der Waals surface area contributed by atoms with Crippen molar-refractivity contribution in [3.63, 3.8) is 0 Å². The lowest BCUT2D eigenvalue weighted by Crippen LogP contribution is -2.24. The van der Waals surface area contributed by atoms with E-state index in [4.69, 9.17) is 0 Å². The first-order chi connectivity index (χ1) is 12.0. The van der Waals surface area contributed by atoms with Crippen LogP contribution in [0.4, 0.5) is 10.2 Å². The SMILES string of the molecule is CCc1[nH]nc(NC(=O)C(C)n2ccc(C)n2)c1-c1ccc(F)cc1. The summed E-state index contributed by atoms with van der Waals surface area (Å²) in [5.41, 5.74) is 3.30. The number of H-pyrrole nitrogens is 1. The number of aromatic nitrogens is 4. The normalized spacial score (nSPS) is 12.2. The van der Waals surface area contributed by atoms with E-state index in [2.05, 4.69) is 20.6 Å². The number of benzene rings is 1. The Bertz CT molecular complexity index is 881. The molecule has 2 aromatic heterocycles. The highest BCUT2D eigenvalue weighted by molar-refractivity contribution is 5.96. The molecule has 0 aliphatic rings. The van der Waals surface area contributed by atoms with E-state index in [0.29, 0.717) is 12.2 Å². The van der Waals surface area contributed by atoms with E-state index in [0.717, 1.165) is 22.5 Å². The van der Waals surface area contributed by atoms with E-state index in [-0.39, 0.29) is 11.7 Å². The van der Waals surface area contributed by atoms with Crippen LogP contribution in [0.15, 0.2) is 36.5 Å². The number of aromatic amines is 1. The lowest BCUT2D eigenvalue weighted by molar-refractivity contribution is -0.119. The van der Waals surface area contributed by atoms with Gasteiger partial charge in [-0.2, -0.15) is 10.2 Å². The van der Waals surface area contributed by atoms with E-state index in [1.807, 2.05) is 19.9 Å². The van der Waals surface area contributed by atoms with E-state index >= 15 is 0 Å². The highest BCUT2D eigenvalue weighted by Crippen LogP contribution is 2.30. The summed E-state index contributed by atoms with van der Waals surface area (Å²) in [6, 6.07) is 7.50. The van der Waals surface area contributed by atoms with Crippen LogP contribution >= 0.6 is 0 Å². The number of hydrogen-bond donors (Lipinski definition) is 2. The smallest absolute Gasteiger partial charge is 0.250 e. The number of anilines is 1. The van der Waals surface area contributed by atoms with Crippen molar-refractivity contribution in [1.29, 1.82) is 0 Å². The van der Waals surface area contributed by atoms with Crippen molar-refractivity contribution in [3.8, 4) is 11.1 Å². The number of aryl methyl sites for hydroxylation is 2. The third-order valence-electron chi connectivity index (χ3n) is 4.09.